The zero-order chi connectivity index (χ0) is 15.8. The summed E-state index contributed by atoms with van der Waals surface area (Å²) in [6.45, 7) is 1.54. The van der Waals surface area contributed by atoms with Gasteiger partial charge < -0.3 is 5.11 Å². The Balaban J connectivity index is 2.44. The Morgan fingerprint density at radius 3 is 2.43 bits per heavy atom. The van der Waals surface area contributed by atoms with E-state index in [0.29, 0.717) is 17.7 Å². The van der Waals surface area contributed by atoms with Crippen molar-refractivity contribution in [2.75, 3.05) is 4.72 Å². The van der Waals surface area contributed by atoms with E-state index in [1.165, 1.54) is 19.1 Å². The molecule has 0 saturated carbocycles. The number of sulfonamides is 1. The molecule has 0 saturated heterocycles. The summed E-state index contributed by atoms with van der Waals surface area (Å²) in [5.41, 5.74) is 0.218. The summed E-state index contributed by atoms with van der Waals surface area (Å²) in [7, 11) is -4.18. The van der Waals surface area contributed by atoms with Crippen molar-refractivity contribution in [3.8, 4) is 5.75 Å². The van der Waals surface area contributed by atoms with E-state index >= 15 is 0 Å². The van der Waals surface area contributed by atoms with Crippen molar-refractivity contribution >= 4 is 27.3 Å². The summed E-state index contributed by atoms with van der Waals surface area (Å²) in [4.78, 5) is -0.474. The monoisotopic (exact) mass is 333 g/mol. The van der Waals surface area contributed by atoms with E-state index in [-0.39, 0.29) is 16.5 Å². The average molecular weight is 334 g/mol. The molecule has 112 valence electrons. The Morgan fingerprint density at radius 2 is 1.81 bits per heavy atom. The lowest BCUT2D eigenvalue weighted by atomic mass is 10.2. The Labute approximate surface area is 125 Å². The van der Waals surface area contributed by atoms with Gasteiger partial charge in [-0.2, -0.15) is 0 Å². The number of anilines is 1. The summed E-state index contributed by atoms with van der Waals surface area (Å²) in [5.74, 6) is -2.75. The van der Waals surface area contributed by atoms with Crippen molar-refractivity contribution in [3.63, 3.8) is 0 Å². The molecular formula is C13H10ClF2NO3S. The van der Waals surface area contributed by atoms with Crippen molar-refractivity contribution in [1.29, 1.82) is 0 Å². The number of halogens is 3. The summed E-state index contributed by atoms with van der Waals surface area (Å²) in [6, 6.07) is 4.82. The Bertz CT molecular complexity index is 809. The maximum atomic E-state index is 13.1. The molecule has 0 fully saturated rings. The smallest absolute Gasteiger partial charge is 0.262 e. The summed E-state index contributed by atoms with van der Waals surface area (Å²) >= 11 is 5.79. The SMILES string of the molecule is Cc1cc(Cl)cc(NS(=O)(=O)c2ccc(F)c(F)c2)c1O. The van der Waals surface area contributed by atoms with Gasteiger partial charge >= 0.3 is 0 Å². The minimum absolute atomic E-state index is 0.148. The van der Waals surface area contributed by atoms with Gasteiger partial charge in [0.2, 0.25) is 0 Å². The van der Waals surface area contributed by atoms with E-state index in [4.69, 9.17) is 11.6 Å². The molecule has 0 amide bonds. The second kappa shape index (κ2) is 5.50. The van der Waals surface area contributed by atoms with E-state index < -0.39 is 26.6 Å². The van der Waals surface area contributed by atoms with Crippen LogP contribution in [0.15, 0.2) is 35.2 Å². The number of nitrogens with one attached hydrogen (secondary N) is 1. The zero-order valence-electron chi connectivity index (χ0n) is 10.7. The van der Waals surface area contributed by atoms with E-state index in [1.54, 1.807) is 0 Å². The van der Waals surface area contributed by atoms with Crippen LogP contribution in [0.2, 0.25) is 5.02 Å². The van der Waals surface area contributed by atoms with Crippen LogP contribution in [0, 0.1) is 18.6 Å². The highest BCUT2D eigenvalue weighted by Crippen LogP contribution is 2.32. The predicted octanol–water partition coefficient (Wildman–Crippen LogP) is 3.43. The third kappa shape index (κ3) is 3.25. The predicted molar refractivity (Wildman–Crippen MR) is 75.0 cm³/mol. The summed E-state index contributed by atoms with van der Waals surface area (Å²) in [5, 5.41) is 10.0. The van der Waals surface area contributed by atoms with Gasteiger partial charge in [0.25, 0.3) is 10.0 Å². The van der Waals surface area contributed by atoms with Gasteiger partial charge in [-0.1, -0.05) is 11.6 Å². The number of hydrogen-bond acceptors (Lipinski definition) is 3. The third-order valence-electron chi connectivity index (χ3n) is 2.71. The van der Waals surface area contributed by atoms with Crippen molar-refractivity contribution in [3.05, 3.63) is 52.6 Å². The van der Waals surface area contributed by atoms with E-state index in [1.807, 2.05) is 0 Å². The number of aryl methyl sites for hydroxylation is 1. The van der Waals surface area contributed by atoms with Crippen LogP contribution in [0.1, 0.15) is 5.56 Å². The lowest BCUT2D eigenvalue weighted by Gasteiger charge is -2.12. The number of hydrogen-bond donors (Lipinski definition) is 2. The maximum absolute atomic E-state index is 13.1. The fraction of sp³-hybridized carbons (Fsp3) is 0.0769. The van der Waals surface area contributed by atoms with Gasteiger partial charge in [-0.25, -0.2) is 17.2 Å². The number of phenols is 1. The van der Waals surface area contributed by atoms with Crippen LogP contribution in [0.25, 0.3) is 0 Å². The van der Waals surface area contributed by atoms with Crippen LogP contribution >= 0.6 is 11.6 Å². The maximum Gasteiger partial charge on any atom is 0.262 e. The zero-order valence-corrected chi connectivity index (χ0v) is 12.3. The van der Waals surface area contributed by atoms with Crippen LogP contribution in [0.5, 0.6) is 5.75 Å². The Hall–Kier alpha value is -1.86. The summed E-state index contributed by atoms with van der Waals surface area (Å²) in [6.07, 6.45) is 0. The van der Waals surface area contributed by atoms with Crippen LogP contribution in [-0.4, -0.2) is 13.5 Å². The van der Waals surface area contributed by atoms with Gasteiger partial charge in [0.15, 0.2) is 11.6 Å². The highest BCUT2D eigenvalue weighted by Gasteiger charge is 2.19. The second-order valence-corrected chi connectivity index (χ2v) is 6.42. The third-order valence-corrected chi connectivity index (χ3v) is 4.29. The molecule has 0 aliphatic carbocycles. The van der Waals surface area contributed by atoms with Crippen molar-refractivity contribution < 1.29 is 22.3 Å². The van der Waals surface area contributed by atoms with Gasteiger partial charge in [0.05, 0.1) is 10.6 Å². The molecular weight excluding hydrogens is 324 g/mol. The van der Waals surface area contributed by atoms with Gasteiger partial charge in [0, 0.05) is 5.02 Å². The molecule has 21 heavy (non-hydrogen) atoms. The van der Waals surface area contributed by atoms with E-state index in [2.05, 4.69) is 4.72 Å². The van der Waals surface area contributed by atoms with E-state index in [0.717, 1.165) is 6.07 Å². The minimum atomic E-state index is -4.18. The lowest BCUT2D eigenvalue weighted by Crippen LogP contribution is -2.13. The molecule has 2 N–H and O–H groups in total. The van der Waals surface area contributed by atoms with Gasteiger partial charge in [-0.15, -0.1) is 0 Å². The molecule has 2 aromatic carbocycles. The van der Waals surface area contributed by atoms with Gasteiger partial charge in [0.1, 0.15) is 5.75 Å². The molecule has 0 atom stereocenters. The highest BCUT2D eigenvalue weighted by molar-refractivity contribution is 7.92. The first-order valence-corrected chi connectivity index (χ1v) is 7.54. The first kappa shape index (κ1) is 15.5. The second-order valence-electron chi connectivity index (χ2n) is 4.30. The fourth-order valence-electron chi connectivity index (χ4n) is 1.66. The molecule has 0 spiro atoms. The quantitative estimate of drug-likeness (QED) is 0.846. The molecule has 8 heteroatoms. The van der Waals surface area contributed by atoms with Crippen LogP contribution < -0.4 is 4.72 Å². The number of phenolic OH excluding ortho intramolecular Hbond substituents is 1. The topological polar surface area (TPSA) is 66.4 Å². The standard InChI is InChI=1S/C13H10ClF2NO3S/c1-7-4-8(14)5-12(13(7)18)17-21(19,20)9-2-3-10(15)11(16)6-9/h2-6,17-18H,1H3. The van der Waals surface area contributed by atoms with Crippen molar-refractivity contribution in [2.45, 2.75) is 11.8 Å². The summed E-state index contributed by atoms with van der Waals surface area (Å²) < 4.78 is 52.2. The van der Waals surface area contributed by atoms with E-state index in [9.17, 15) is 22.3 Å². The largest absolute Gasteiger partial charge is 0.505 e. The lowest BCUT2D eigenvalue weighted by molar-refractivity contribution is 0.473. The highest BCUT2D eigenvalue weighted by atomic mass is 35.5. The van der Waals surface area contributed by atoms with Crippen LogP contribution in [0.4, 0.5) is 14.5 Å². The number of aromatic hydroxyl groups is 1. The van der Waals surface area contributed by atoms with Crippen LogP contribution in [-0.2, 0) is 10.0 Å². The first-order chi connectivity index (χ1) is 9.70. The first-order valence-electron chi connectivity index (χ1n) is 5.67. The number of benzene rings is 2. The molecule has 2 aromatic rings. The van der Waals surface area contributed by atoms with Crippen molar-refractivity contribution in [1.82, 2.24) is 0 Å². The Morgan fingerprint density at radius 1 is 1.14 bits per heavy atom. The normalized spacial score (nSPS) is 11.4. The average Bonchev–Trinajstić information content (AvgIpc) is 2.38. The molecule has 0 radical (unpaired) electrons. The molecule has 0 aliphatic heterocycles. The Kier molecular flexibility index (Phi) is 4.06. The van der Waals surface area contributed by atoms with Gasteiger partial charge in [-0.05, 0) is 42.8 Å². The molecule has 0 heterocycles. The molecule has 0 aromatic heterocycles. The molecule has 2 rings (SSSR count). The fourth-order valence-corrected chi connectivity index (χ4v) is 3.00. The molecule has 0 unspecified atom stereocenters. The molecule has 4 nitrogen and oxygen atoms in total. The molecule has 0 bridgehead atoms. The van der Waals surface area contributed by atoms with Crippen LogP contribution in [0.3, 0.4) is 0 Å². The number of rotatable bonds is 3. The van der Waals surface area contributed by atoms with Gasteiger partial charge in [-0.3, -0.25) is 4.72 Å². The minimum Gasteiger partial charge on any atom is -0.505 e. The molecule has 0 aliphatic rings. The van der Waals surface area contributed by atoms with Crippen molar-refractivity contribution in [2.24, 2.45) is 0 Å².